The maximum atomic E-state index is 14.1. The number of hydrogen-bond donors (Lipinski definition) is 3. The molecule has 0 radical (unpaired) electrons. The van der Waals surface area contributed by atoms with E-state index in [9.17, 15) is 24.9 Å². The van der Waals surface area contributed by atoms with E-state index in [0.29, 0.717) is 12.3 Å². The summed E-state index contributed by atoms with van der Waals surface area (Å²) in [7, 11) is 0. The molecule has 5 nitrogen and oxygen atoms in total. The summed E-state index contributed by atoms with van der Waals surface area (Å²) in [5, 5.41) is 32.8. The van der Waals surface area contributed by atoms with Crippen molar-refractivity contribution >= 4 is 11.8 Å². The number of fused-ring (bicyclic) bond motifs is 7. The van der Waals surface area contributed by atoms with Crippen molar-refractivity contribution in [3.8, 4) is 0 Å². The summed E-state index contributed by atoms with van der Waals surface area (Å²) < 4.78 is 0. The molecular formula is C31H48O5. The smallest absolute Gasteiger partial charge is 0.303 e. The summed E-state index contributed by atoms with van der Waals surface area (Å²) >= 11 is 0. The summed E-state index contributed by atoms with van der Waals surface area (Å²) in [4.78, 5) is 26.2. The lowest BCUT2D eigenvalue weighted by atomic mass is 9.32. The van der Waals surface area contributed by atoms with Crippen LogP contribution in [0.25, 0.3) is 0 Å². The Morgan fingerprint density at radius 1 is 1.00 bits per heavy atom. The van der Waals surface area contributed by atoms with Gasteiger partial charge in [-0.2, -0.15) is 0 Å². The van der Waals surface area contributed by atoms with Crippen molar-refractivity contribution < 1.29 is 24.9 Å². The number of ketones is 1. The van der Waals surface area contributed by atoms with Crippen LogP contribution >= 0.6 is 0 Å². The molecular weight excluding hydrogens is 452 g/mol. The second kappa shape index (κ2) is 7.68. The Morgan fingerprint density at radius 3 is 2.31 bits per heavy atom. The van der Waals surface area contributed by atoms with Crippen LogP contribution in [0.1, 0.15) is 106 Å². The first-order valence-electron chi connectivity index (χ1n) is 14.3. The fourth-order valence-electron chi connectivity index (χ4n) is 11.1. The Hall–Kier alpha value is -1.20. The van der Waals surface area contributed by atoms with Crippen LogP contribution in [0, 0.1) is 50.7 Å². The van der Waals surface area contributed by atoms with Crippen molar-refractivity contribution in [2.24, 2.45) is 50.7 Å². The summed E-state index contributed by atoms with van der Waals surface area (Å²) in [5.41, 5.74) is -1.34. The summed E-state index contributed by atoms with van der Waals surface area (Å²) in [6, 6.07) is 0. The second-order valence-corrected chi connectivity index (χ2v) is 15.2. The molecule has 5 rings (SSSR count). The van der Waals surface area contributed by atoms with Crippen molar-refractivity contribution in [3.63, 3.8) is 0 Å². The minimum Gasteiger partial charge on any atom is -0.481 e. The molecule has 4 saturated carbocycles. The lowest BCUT2D eigenvalue weighted by molar-refractivity contribution is -0.211. The number of Topliss-reactive ketones (excluding diaryl/α,β-unsaturated/α-hetero) is 1. The van der Waals surface area contributed by atoms with Crippen molar-refractivity contribution in [1.29, 1.82) is 0 Å². The summed E-state index contributed by atoms with van der Waals surface area (Å²) in [6.45, 7) is 15.2. The first kappa shape index (κ1) is 26.4. The fraction of sp³-hybridized carbons (Fsp3) is 0.871. The van der Waals surface area contributed by atoms with Gasteiger partial charge in [0.15, 0.2) is 0 Å². The van der Waals surface area contributed by atoms with Gasteiger partial charge in [0.25, 0.3) is 0 Å². The van der Waals surface area contributed by atoms with E-state index in [1.807, 2.05) is 6.92 Å². The van der Waals surface area contributed by atoms with Gasteiger partial charge in [0.2, 0.25) is 0 Å². The van der Waals surface area contributed by atoms with Gasteiger partial charge in [-0.3, -0.25) is 9.59 Å². The van der Waals surface area contributed by atoms with Gasteiger partial charge in [0, 0.05) is 23.7 Å². The molecule has 5 aliphatic rings. The van der Waals surface area contributed by atoms with Crippen molar-refractivity contribution in [2.75, 3.05) is 0 Å². The molecule has 5 heteroatoms. The molecule has 36 heavy (non-hydrogen) atoms. The Bertz CT molecular complexity index is 1010. The number of carboxylic acid groups (broad SMARTS) is 1. The molecule has 5 aliphatic carbocycles. The molecule has 0 aromatic carbocycles. The van der Waals surface area contributed by atoms with Crippen LogP contribution in [0.15, 0.2) is 11.6 Å². The van der Waals surface area contributed by atoms with Gasteiger partial charge in [0.1, 0.15) is 5.78 Å². The third kappa shape index (κ3) is 3.08. The number of rotatable bonds is 2. The molecule has 0 heterocycles. The van der Waals surface area contributed by atoms with E-state index in [1.54, 1.807) is 0 Å². The molecule has 0 spiro atoms. The van der Waals surface area contributed by atoms with Gasteiger partial charge in [-0.05, 0) is 85.4 Å². The van der Waals surface area contributed by atoms with Crippen LogP contribution < -0.4 is 0 Å². The van der Waals surface area contributed by atoms with Crippen LogP contribution in [0.5, 0.6) is 0 Å². The number of hydrogen-bond acceptors (Lipinski definition) is 4. The molecule has 202 valence electrons. The maximum Gasteiger partial charge on any atom is 0.303 e. The van der Waals surface area contributed by atoms with Gasteiger partial charge >= 0.3 is 5.97 Å². The number of aliphatic carboxylic acids is 1. The summed E-state index contributed by atoms with van der Waals surface area (Å²) in [5.74, 6) is -0.446. The zero-order chi connectivity index (χ0) is 26.7. The highest BCUT2D eigenvalue weighted by Gasteiger charge is 2.71. The van der Waals surface area contributed by atoms with E-state index in [1.165, 1.54) is 5.57 Å². The molecule has 10 atom stereocenters. The van der Waals surface area contributed by atoms with Crippen LogP contribution in [0.3, 0.4) is 0 Å². The first-order chi connectivity index (χ1) is 16.5. The SMILES string of the molecule is C[C@@H]1CC[C@]2(CC(=O)O)CC[C@]3(C)C(=CC[C@@H]4[C@@]5(C)CC[C@H](O)C(C)(C)[C@@H]5C(=O)C[C@]43C)[C@@H]2[C@]1(C)O. The number of carboxylic acids is 1. The molecule has 4 fully saturated rings. The standard InChI is InChI=1S/C31H48O5/c1-18-10-13-31(17-23(34)35)15-14-28(5)19(24(31)30(18,7)36)8-9-21-27(4)12-11-22(33)26(2,3)25(27)20(32)16-29(21,28)6/h8,18,21-22,24-25,33,36H,9-17H2,1-7H3,(H,34,35)/t18-,21-,22+,24-,25+,27-,28-,29-,30-,31-/m1/s1. The van der Waals surface area contributed by atoms with Crippen molar-refractivity contribution in [2.45, 2.75) is 118 Å². The number of carbonyl (C=O) groups is 2. The van der Waals surface area contributed by atoms with Crippen LogP contribution in [0.2, 0.25) is 0 Å². The van der Waals surface area contributed by atoms with E-state index >= 15 is 0 Å². The predicted molar refractivity (Wildman–Crippen MR) is 139 cm³/mol. The first-order valence-corrected chi connectivity index (χ1v) is 14.3. The van der Waals surface area contributed by atoms with Crippen LogP contribution in [0.4, 0.5) is 0 Å². The third-order valence-corrected chi connectivity index (χ3v) is 13.3. The second-order valence-electron chi connectivity index (χ2n) is 15.2. The zero-order valence-corrected chi connectivity index (χ0v) is 23.5. The maximum absolute atomic E-state index is 14.1. The van der Waals surface area contributed by atoms with Crippen LogP contribution in [-0.2, 0) is 9.59 Å². The molecule has 3 N–H and O–H groups in total. The highest BCUT2D eigenvalue weighted by atomic mass is 16.4. The highest BCUT2D eigenvalue weighted by Crippen LogP contribution is 2.75. The highest BCUT2D eigenvalue weighted by molar-refractivity contribution is 5.85. The van der Waals surface area contributed by atoms with E-state index in [2.05, 4.69) is 47.6 Å². The molecule has 0 amide bonds. The van der Waals surface area contributed by atoms with E-state index in [4.69, 9.17) is 0 Å². The van der Waals surface area contributed by atoms with Gasteiger partial charge in [-0.1, -0.05) is 53.2 Å². The van der Waals surface area contributed by atoms with E-state index in [0.717, 1.165) is 44.9 Å². The number of allylic oxidation sites excluding steroid dienone is 1. The van der Waals surface area contributed by atoms with Crippen molar-refractivity contribution in [1.82, 2.24) is 0 Å². The predicted octanol–water partition coefficient (Wildman–Crippen LogP) is 5.77. The number of carbonyl (C=O) groups excluding carboxylic acids is 1. The lowest BCUT2D eigenvalue weighted by Crippen LogP contribution is -2.68. The van der Waals surface area contributed by atoms with Gasteiger partial charge < -0.3 is 15.3 Å². The van der Waals surface area contributed by atoms with Gasteiger partial charge in [-0.25, -0.2) is 0 Å². The summed E-state index contributed by atoms with van der Waals surface area (Å²) in [6.07, 6.45) is 8.28. The molecule has 0 saturated heterocycles. The normalized spacial score (nSPS) is 53.9. The Morgan fingerprint density at radius 2 is 1.67 bits per heavy atom. The minimum absolute atomic E-state index is 0.0914. The molecule has 0 unspecified atom stereocenters. The number of aliphatic hydroxyl groups is 2. The van der Waals surface area contributed by atoms with E-state index < -0.39 is 28.5 Å². The monoisotopic (exact) mass is 500 g/mol. The molecule has 0 bridgehead atoms. The quantitative estimate of drug-likeness (QED) is 0.418. The Kier molecular flexibility index (Phi) is 5.64. The topological polar surface area (TPSA) is 94.8 Å². The Labute approximate surface area is 217 Å². The lowest BCUT2D eigenvalue weighted by Gasteiger charge is -2.71. The third-order valence-electron chi connectivity index (χ3n) is 13.3. The zero-order valence-electron chi connectivity index (χ0n) is 23.5. The van der Waals surface area contributed by atoms with Gasteiger partial charge in [-0.15, -0.1) is 0 Å². The minimum atomic E-state index is -0.980. The Balaban J connectivity index is 1.66. The largest absolute Gasteiger partial charge is 0.481 e. The molecule has 0 aromatic rings. The molecule has 0 aliphatic heterocycles. The van der Waals surface area contributed by atoms with Gasteiger partial charge in [0.05, 0.1) is 18.1 Å². The van der Waals surface area contributed by atoms with Crippen molar-refractivity contribution in [3.05, 3.63) is 11.6 Å². The fourth-order valence-corrected chi connectivity index (χ4v) is 11.1. The average Bonchev–Trinajstić information content (AvgIpc) is 2.74. The molecule has 0 aromatic heterocycles. The average molecular weight is 501 g/mol. The van der Waals surface area contributed by atoms with E-state index in [-0.39, 0.29) is 46.2 Å². The number of aliphatic hydroxyl groups excluding tert-OH is 1. The van der Waals surface area contributed by atoms with Crippen LogP contribution in [-0.4, -0.2) is 38.8 Å².